The Hall–Kier alpha value is -2.00. The predicted molar refractivity (Wildman–Crippen MR) is 134 cm³/mol. The molecule has 1 aliphatic rings. The molecular formula is C23H33IN4O2. The Morgan fingerprint density at radius 2 is 1.73 bits per heavy atom. The first-order valence-electron chi connectivity index (χ1n) is 10.3. The lowest BCUT2D eigenvalue weighted by molar-refractivity contribution is 0.183. The Kier molecular flexibility index (Phi) is 10.2. The zero-order valence-corrected chi connectivity index (χ0v) is 20.2. The second-order valence-electron chi connectivity index (χ2n) is 7.18. The summed E-state index contributed by atoms with van der Waals surface area (Å²) in [4.78, 5) is 9.32. The Labute approximate surface area is 197 Å². The molecule has 6 nitrogen and oxygen atoms in total. The number of hydrogen-bond acceptors (Lipinski definition) is 4. The van der Waals surface area contributed by atoms with Crippen molar-refractivity contribution in [3.63, 3.8) is 0 Å². The molecule has 0 aromatic heterocycles. The monoisotopic (exact) mass is 524 g/mol. The van der Waals surface area contributed by atoms with Gasteiger partial charge in [-0.1, -0.05) is 42.5 Å². The fourth-order valence-electron chi connectivity index (χ4n) is 3.62. The Morgan fingerprint density at radius 3 is 2.40 bits per heavy atom. The minimum absolute atomic E-state index is 0. The second kappa shape index (κ2) is 12.6. The normalized spacial score (nSPS) is 15.4. The first-order chi connectivity index (χ1) is 14.2. The average Bonchev–Trinajstić information content (AvgIpc) is 2.77. The van der Waals surface area contributed by atoms with Gasteiger partial charge in [0.1, 0.15) is 5.75 Å². The SMILES string of the molecule is CCNC(=NCC(O)Cc1ccccc1)N1CCN(c2ccccc2OC)CC1.I. The number of aliphatic hydroxyl groups is 1. The predicted octanol–water partition coefficient (Wildman–Crippen LogP) is 3.00. The van der Waals surface area contributed by atoms with Gasteiger partial charge in [0.2, 0.25) is 0 Å². The summed E-state index contributed by atoms with van der Waals surface area (Å²) in [6, 6.07) is 18.2. The van der Waals surface area contributed by atoms with E-state index in [9.17, 15) is 5.11 Å². The van der Waals surface area contributed by atoms with Crippen LogP contribution in [-0.2, 0) is 6.42 Å². The summed E-state index contributed by atoms with van der Waals surface area (Å²) < 4.78 is 5.51. The van der Waals surface area contributed by atoms with E-state index in [1.807, 2.05) is 48.5 Å². The van der Waals surface area contributed by atoms with E-state index in [4.69, 9.17) is 9.73 Å². The molecule has 0 spiro atoms. The molecule has 7 heteroatoms. The average molecular weight is 524 g/mol. The van der Waals surface area contributed by atoms with E-state index in [1.54, 1.807) is 7.11 Å². The molecule has 2 aromatic carbocycles. The highest BCUT2D eigenvalue weighted by atomic mass is 127. The molecule has 2 N–H and O–H groups in total. The molecule has 1 aliphatic heterocycles. The molecule has 0 aliphatic carbocycles. The van der Waals surface area contributed by atoms with Crippen LogP contribution in [0.2, 0.25) is 0 Å². The van der Waals surface area contributed by atoms with E-state index in [2.05, 4.69) is 28.1 Å². The summed E-state index contributed by atoms with van der Waals surface area (Å²) in [7, 11) is 1.71. The zero-order valence-electron chi connectivity index (χ0n) is 17.8. The number of hydrogen-bond donors (Lipinski definition) is 2. The van der Waals surface area contributed by atoms with Gasteiger partial charge in [0.25, 0.3) is 0 Å². The maximum atomic E-state index is 10.4. The first kappa shape index (κ1) is 24.3. The number of halogens is 1. The van der Waals surface area contributed by atoms with Crippen molar-refractivity contribution in [2.24, 2.45) is 4.99 Å². The van der Waals surface area contributed by atoms with Crippen LogP contribution in [0.5, 0.6) is 5.75 Å². The smallest absolute Gasteiger partial charge is 0.194 e. The summed E-state index contributed by atoms with van der Waals surface area (Å²) in [6.45, 7) is 6.82. The highest BCUT2D eigenvalue weighted by molar-refractivity contribution is 14.0. The maximum absolute atomic E-state index is 10.4. The van der Waals surface area contributed by atoms with Crippen LogP contribution in [0.1, 0.15) is 12.5 Å². The van der Waals surface area contributed by atoms with Gasteiger partial charge >= 0.3 is 0 Å². The van der Waals surface area contributed by atoms with Gasteiger partial charge < -0.3 is 25.0 Å². The van der Waals surface area contributed by atoms with Crippen LogP contribution in [0.15, 0.2) is 59.6 Å². The third-order valence-electron chi connectivity index (χ3n) is 5.11. The van der Waals surface area contributed by atoms with Crippen LogP contribution in [0, 0.1) is 0 Å². The van der Waals surface area contributed by atoms with Gasteiger partial charge in [-0.2, -0.15) is 0 Å². The third kappa shape index (κ3) is 6.77. The van der Waals surface area contributed by atoms with Crippen molar-refractivity contribution in [3.8, 4) is 5.75 Å². The van der Waals surface area contributed by atoms with Crippen molar-refractivity contribution in [1.82, 2.24) is 10.2 Å². The topological polar surface area (TPSA) is 60.3 Å². The van der Waals surface area contributed by atoms with Crippen molar-refractivity contribution >= 4 is 35.6 Å². The number of para-hydroxylation sites is 2. The standard InChI is InChI=1S/C23H32N4O2.HI/c1-3-24-23(25-18-20(28)17-19-9-5-4-6-10-19)27-15-13-26(14-16-27)21-11-7-8-12-22(21)29-2;/h4-12,20,28H,3,13-18H2,1-2H3,(H,24,25);1H. The van der Waals surface area contributed by atoms with Crippen LogP contribution in [0.3, 0.4) is 0 Å². The number of piperazine rings is 1. The van der Waals surface area contributed by atoms with Gasteiger partial charge in [0.05, 0.1) is 25.4 Å². The first-order valence-corrected chi connectivity index (χ1v) is 10.3. The Morgan fingerprint density at radius 1 is 1.07 bits per heavy atom. The van der Waals surface area contributed by atoms with E-state index in [-0.39, 0.29) is 24.0 Å². The number of aliphatic imine (C=N–C) groups is 1. The number of nitrogens with zero attached hydrogens (tertiary/aromatic N) is 3. The van der Waals surface area contributed by atoms with Gasteiger partial charge in [0, 0.05) is 39.1 Å². The van der Waals surface area contributed by atoms with E-state index in [1.165, 1.54) is 0 Å². The highest BCUT2D eigenvalue weighted by Gasteiger charge is 2.21. The lowest BCUT2D eigenvalue weighted by Gasteiger charge is -2.38. The molecule has 1 unspecified atom stereocenters. The minimum atomic E-state index is -0.485. The zero-order chi connectivity index (χ0) is 20.5. The summed E-state index contributed by atoms with van der Waals surface area (Å²) in [6.07, 6.45) is 0.131. The molecule has 30 heavy (non-hydrogen) atoms. The largest absolute Gasteiger partial charge is 0.495 e. The van der Waals surface area contributed by atoms with Crippen LogP contribution >= 0.6 is 24.0 Å². The molecule has 0 amide bonds. The van der Waals surface area contributed by atoms with Crippen LogP contribution < -0.4 is 15.0 Å². The number of guanidine groups is 1. The van der Waals surface area contributed by atoms with Gasteiger partial charge in [-0.25, -0.2) is 0 Å². The van der Waals surface area contributed by atoms with Gasteiger partial charge in [-0.3, -0.25) is 4.99 Å². The summed E-state index contributed by atoms with van der Waals surface area (Å²) in [5.41, 5.74) is 2.26. The molecule has 0 bridgehead atoms. The molecule has 164 valence electrons. The number of ether oxygens (including phenoxy) is 1. The minimum Gasteiger partial charge on any atom is -0.495 e. The number of anilines is 1. The number of aliphatic hydroxyl groups excluding tert-OH is 1. The molecule has 2 aromatic rings. The van der Waals surface area contributed by atoms with Gasteiger partial charge in [0.15, 0.2) is 5.96 Å². The van der Waals surface area contributed by atoms with E-state index in [0.29, 0.717) is 13.0 Å². The number of rotatable bonds is 7. The van der Waals surface area contributed by atoms with Crippen molar-refractivity contribution in [2.75, 3.05) is 51.3 Å². The number of nitrogens with one attached hydrogen (secondary N) is 1. The highest BCUT2D eigenvalue weighted by Crippen LogP contribution is 2.28. The van der Waals surface area contributed by atoms with Crippen molar-refractivity contribution < 1.29 is 9.84 Å². The lowest BCUT2D eigenvalue weighted by atomic mass is 10.1. The fourth-order valence-corrected chi connectivity index (χ4v) is 3.62. The molecule has 0 saturated carbocycles. The molecule has 3 rings (SSSR count). The van der Waals surface area contributed by atoms with Crippen LogP contribution in [-0.4, -0.2) is 68.4 Å². The Bertz CT molecular complexity index is 780. The molecule has 1 heterocycles. The third-order valence-corrected chi connectivity index (χ3v) is 5.11. The van der Waals surface area contributed by atoms with Crippen molar-refractivity contribution in [3.05, 3.63) is 60.2 Å². The van der Waals surface area contributed by atoms with Crippen LogP contribution in [0.25, 0.3) is 0 Å². The maximum Gasteiger partial charge on any atom is 0.194 e. The second-order valence-corrected chi connectivity index (χ2v) is 7.18. The van der Waals surface area contributed by atoms with Crippen molar-refractivity contribution in [2.45, 2.75) is 19.4 Å². The molecule has 1 atom stereocenters. The number of benzene rings is 2. The number of methoxy groups -OCH3 is 1. The Balaban J connectivity index is 0.00000320. The molecule has 1 fully saturated rings. The molecular weight excluding hydrogens is 491 g/mol. The summed E-state index contributed by atoms with van der Waals surface area (Å²) in [5.74, 6) is 1.78. The summed E-state index contributed by atoms with van der Waals surface area (Å²) >= 11 is 0. The van der Waals surface area contributed by atoms with Crippen molar-refractivity contribution in [1.29, 1.82) is 0 Å². The fraction of sp³-hybridized carbons (Fsp3) is 0.435. The van der Waals surface area contributed by atoms with E-state index >= 15 is 0 Å². The lowest BCUT2D eigenvalue weighted by Crippen LogP contribution is -2.52. The van der Waals surface area contributed by atoms with Gasteiger partial charge in [-0.05, 0) is 24.6 Å². The molecule has 1 saturated heterocycles. The summed E-state index contributed by atoms with van der Waals surface area (Å²) in [5, 5.41) is 13.8. The van der Waals surface area contributed by atoms with Gasteiger partial charge in [-0.15, -0.1) is 24.0 Å². The van der Waals surface area contributed by atoms with E-state index < -0.39 is 6.10 Å². The van der Waals surface area contributed by atoms with Crippen LogP contribution in [0.4, 0.5) is 5.69 Å². The molecule has 0 radical (unpaired) electrons. The van der Waals surface area contributed by atoms with E-state index in [0.717, 1.165) is 55.7 Å². The quantitative estimate of drug-likeness (QED) is 0.332.